The average Bonchev–Trinajstić information content (AvgIpc) is 2.28. The van der Waals surface area contributed by atoms with Crippen molar-refractivity contribution < 1.29 is 19.4 Å². The van der Waals surface area contributed by atoms with Gasteiger partial charge in [0.15, 0.2) is 0 Å². The molecule has 0 spiro atoms. The molecular weight excluding hydrogens is 208 g/mol. The van der Waals surface area contributed by atoms with Crippen molar-refractivity contribution in [2.24, 2.45) is 0 Å². The van der Waals surface area contributed by atoms with Gasteiger partial charge in [-0.2, -0.15) is 0 Å². The molecule has 0 saturated heterocycles. The van der Waals surface area contributed by atoms with E-state index in [0.717, 1.165) is 6.08 Å². The third-order valence-corrected chi connectivity index (χ3v) is 1.81. The van der Waals surface area contributed by atoms with Gasteiger partial charge in [0, 0.05) is 6.42 Å². The Morgan fingerprint density at radius 1 is 1.31 bits per heavy atom. The first kappa shape index (κ1) is 12.0. The quantitative estimate of drug-likeness (QED) is 0.426. The molecule has 0 radical (unpaired) electrons. The standard InChI is InChI=1S/C12H12O4/c1-2-12(15)16-10-6-3-9(4-7-10)5-8-11(13)14/h3-8H,2H2,1H3,(H,13,14)/p-1/b8-5+. The van der Waals surface area contributed by atoms with Crippen molar-refractivity contribution in [3.8, 4) is 5.75 Å². The van der Waals surface area contributed by atoms with Crippen LogP contribution in [0.25, 0.3) is 6.08 Å². The molecule has 0 aliphatic carbocycles. The first-order valence-corrected chi connectivity index (χ1v) is 4.81. The fourth-order valence-electron chi connectivity index (χ4n) is 1.01. The molecule has 4 heteroatoms. The summed E-state index contributed by atoms with van der Waals surface area (Å²) < 4.78 is 4.95. The van der Waals surface area contributed by atoms with Crippen LogP contribution in [0.2, 0.25) is 0 Å². The van der Waals surface area contributed by atoms with Crippen LogP contribution in [0.4, 0.5) is 0 Å². The molecular formula is C12H11O4-. The molecule has 84 valence electrons. The third kappa shape index (κ3) is 3.96. The normalized spacial score (nSPS) is 10.3. The van der Waals surface area contributed by atoms with E-state index in [2.05, 4.69) is 0 Å². The highest BCUT2D eigenvalue weighted by Gasteiger charge is 2.00. The molecule has 0 aromatic heterocycles. The Bertz CT molecular complexity index is 404. The minimum absolute atomic E-state index is 0.307. The predicted octanol–water partition coefficient (Wildman–Crippen LogP) is 0.765. The van der Waals surface area contributed by atoms with Crippen molar-refractivity contribution >= 4 is 18.0 Å². The Morgan fingerprint density at radius 3 is 2.44 bits per heavy atom. The SMILES string of the molecule is CCC(=O)Oc1ccc(/C=C/C(=O)[O-])cc1. The molecule has 0 fully saturated rings. The summed E-state index contributed by atoms with van der Waals surface area (Å²) in [6, 6.07) is 6.50. The maximum atomic E-state index is 11.0. The number of carbonyl (C=O) groups is 2. The lowest BCUT2D eigenvalue weighted by atomic mass is 10.2. The van der Waals surface area contributed by atoms with E-state index in [0.29, 0.717) is 17.7 Å². The number of hydrogen-bond acceptors (Lipinski definition) is 4. The van der Waals surface area contributed by atoms with E-state index in [4.69, 9.17) is 4.74 Å². The van der Waals surface area contributed by atoms with Gasteiger partial charge in [-0.05, 0) is 23.8 Å². The Morgan fingerprint density at radius 2 is 1.94 bits per heavy atom. The van der Waals surface area contributed by atoms with Gasteiger partial charge in [0.25, 0.3) is 0 Å². The summed E-state index contributed by atoms with van der Waals surface area (Å²) in [5.41, 5.74) is 0.695. The smallest absolute Gasteiger partial charge is 0.310 e. The summed E-state index contributed by atoms with van der Waals surface area (Å²) in [4.78, 5) is 21.1. The highest BCUT2D eigenvalue weighted by molar-refractivity contribution is 5.83. The molecule has 0 saturated carbocycles. The molecule has 0 amide bonds. The van der Waals surface area contributed by atoms with Gasteiger partial charge >= 0.3 is 5.97 Å². The first-order valence-electron chi connectivity index (χ1n) is 4.81. The number of benzene rings is 1. The Kier molecular flexibility index (Phi) is 4.27. The maximum absolute atomic E-state index is 11.0. The van der Waals surface area contributed by atoms with Crippen LogP contribution in [0.1, 0.15) is 18.9 Å². The molecule has 0 aliphatic rings. The zero-order valence-electron chi connectivity index (χ0n) is 8.80. The number of esters is 1. The van der Waals surface area contributed by atoms with Crippen molar-refractivity contribution in [2.45, 2.75) is 13.3 Å². The number of carbonyl (C=O) groups excluding carboxylic acids is 2. The van der Waals surface area contributed by atoms with Crippen LogP contribution in [-0.4, -0.2) is 11.9 Å². The molecule has 0 heterocycles. The second kappa shape index (κ2) is 5.70. The molecule has 0 bridgehead atoms. The van der Waals surface area contributed by atoms with E-state index >= 15 is 0 Å². The van der Waals surface area contributed by atoms with Gasteiger partial charge < -0.3 is 14.6 Å². The molecule has 0 unspecified atom stereocenters. The van der Waals surface area contributed by atoms with Gasteiger partial charge in [-0.25, -0.2) is 0 Å². The lowest BCUT2D eigenvalue weighted by Gasteiger charge is -2.02. The zero-order chi connectivity index (χ0) is 12.0. The van der Waals surface area contributed by atoms with Gasteiger partial charge in [-0.1, -0.05) is 25.1 Å². The largest absolute Gasteiger partial charge is 0.545 e. The highest BCUT2D eigenvalue weighted by Crippen LogP contribution is 2.13. The van der Waals surface area contributed by atoms with E-state index in [1.54, 1.807) is 31.2 Å². The molecule has 16 heavy (non-hydrogen) atoms. The molecule has 1 aromatic rings. The van der Waals surface area contributed by atoms with Gasteiger partial charge in [-0.15, -0.1) is 0 Å². The Hall–Kier alpha value is -2.10. The van der Waals surface area contributed by atoms with Gasteiger partial charge in [0.05, 0.1) is 5.97 Å². The van der Waals surface area contributed by atoms with Gasteiger partial charge in [0.1, 0.15) is 5.75 Å². The Labute approximate surface area is 93.2 Å². The zero-order valence-corrected chi connectivity index (χ0v) is 8.80. The monoisotopic (exact) mass is 219 g/mol. The molecule has 1 aromatic carbocycles. The molecule has 0 aliphatic heterocycles. The fraction of sp³-hybridized carbons (Fsp3) is 0.167. The summed E-state index contributed by atoms with van der Waals surface area (Å²) in [5, 5.41) is 10.2. The van der Waals surface area contributed by atoms with Gasteiger partial charge in [0.2, 0.25) is 0 Å². The summed E-state index contributed by atoms with van der Waals surface area (Å²) in [6.07, 6.45) is 2.65. The molecule has 1 rings (SSSR count). The number of aliphatic carboxylic acids is 1. The summed E-state index contributed by atoms with van der Waals surface area (Å²) in [6.45, 7) is 1.71. The number of carboxylic acid groups (broad SMARTS) is 1. The van der Waals surface area contributed by atoms with E-state index < -0.39 is 5.97 Å². The van der Waals surface area contributed by atoms with E-state index in [-0.39, 0.29) is 5.97 Å². The lowest BCUT2D eigenvalue weighted by molar-refractivity contribution is -0.297. The number of carboxylic acids is 1. The highest BCUT2D eigenvalue weighted by atomic mass is 16.5. The predicted molar refractivity (Wildman–Crippen MR) is 56.4 cm³/mol. The van der Waals surface area contributed by atoms with Crippen molar-refractivity contribution in [2.75, 3.05) is 0 Å². The van der Waals surface area contributed by atoms with Crippen LogP contribution in [-0.2, 0) is 9.59 Å². The van der Waals surface area contributed by atoms with Crippen molar-refractivity contribution in [1.29, 1.82) is 0 Å². The maximum Gasteiger partial charge on any atom is 0.310 e. The van der Waals surface area contributed by atoms with Crippen molar-refractivity contribution in [1.82, 2.24) is 0 Å². The van der Waals surface area contributed by atoms with Crippen LogP contribution in [0.15, 0.2) is 30.3 Å². The minimum atomic E-state index is -1.25. The topological polar surface area (TPSA) is 66.4 Å². The van der Waals surface area contributed by atoms with Crippen molar-refractivity contribution in [3.05, 3.63) is 35.9 Å². The first-order chi connectivity index (χ1) is 7.61. The van der Waals surface area contributed by atoms with Crippen LogP contribution >= 0.6 is 0 Å². The average molecular weight is 219 g/mol. The van der Waals surface area contributed by atoms with Crippen LogP contribution in [0.3, 0.4) is 0 Å². The second-order valence-corrected chi connectivity index (χ2v) is 3.05. The van der Waals surface area contributed by atoms with Gasteiger partial charge in [-0.3, -0.25) is 4.79 Å². The molecule has 0 atom stereocenters. The van der Waals surface area contributed by atoms with E-state index in [9.17, 15) is 14.7 Å². The summed E-state index contributed by atoms with van der Waals surface area (Å²) >= 11 is 0. The summed E-state index contributed by atoms with van der Waals surface area (Å²) in [7, 11) is 0. The Balaban J connectivity index is 2.68. The third-order valence-electron chi connectivity index (χ3n) is 1.81. The van der Waals surface area contributed by atoms with Crippen LogP contribution in [0, 0.1) is 0 Å². The number of ether oxygens (including phenoxy) is 1. The molecule has 0 N–H and O–H groups in total. The van der Waals surface area contributed by atoms with Crippen molar-refractivity contribution in [3.63, 3.8) is 0 Å². The second-order valence-electron chi connectivity index (χ2n) is 3.05. The van der Waals surface area contributed by atoms with E-state index in [1.807, 2.05) is 0 Å². The van der Waals surface area contributed by atoms with E-state index in [1.165, 1.54) is 6.08 Å². The van der Waals surface area contributed by atoms with Crippen LogP contribution in [0.5, 0.6) is 5.75 Å². The number of hydrogen-bond donors (Lipinski definition) is 0. The lowest BCUT2D eigenvalue weighted by Crippen LogP contribution is -2.18. The fourth-order valence-corrected chi connectivity index (χ4v) is 1.01. The van der Waals surface area contributed by atoms with Crippen LogP contribution < -0.4 is 9.84 Å². The molecule has 4 nitrogen and oxygen atoms in total. The minimum Gasteiger partial charge on any atom is -0.545 e. The summed E-state index contributed by atoms with van der Waals surface area (Å²) in [5.74, 6) is -1.11. The number of rotatable bonds is 4.